The van der Waals surface area contributed by atoms with Crippen LogP contribution in [0.5, 0.6) is 0 Å². The van der Waals surface area contributed by atoms with Crippen LogP contribution < -0.4 is 10.5 Å². The van der Waals surface area contributed by atoms with Crippen LogP contribution in [0.4, 0.5) is 5.69 Å². The zero-order chi connectivity index (χ0) is 10.1. The molecule has 1 radical (unpaired) electrons. The van der Waals surface area contributed by atoms with E-state index in [9.17, 15) is 4.79 Å². The van der Waals surface area contributed by atoms with E-state index in [0.717, 1.165) is 11.1 Å². The van der Waals surface area contributed by atoms with Gasteiger partial charge in [0.15, 0.2) is 0 Å². The van der Waals surface area contributed by atoms with Gasteiger partial charge in [-0.25, -0.2) is 4.79 Å². The van der Waals surface area contributed by atoms with Crippen molar-refractivity contribution in [1.82, 2.24) is 0 Å². The number of benzene rings is 1. The molecule has 2 rings (SSSR count). The Morgan fingerprint density at radius 3 is 2.71 bits per heavy atom. The lowest BCUT2D eigenvalue weighted by Gasteiger charge is -2.13. The zero-order valence-corrected chi connectivity index (χ0v) is 8.07. The topological polar surface area (TPSA) is 33.5 Å². The van der Waals surface area contributed by atoms with E-state index in [1.165, 1.54) is 0 Å². The predicted octanol–water partition coefficient (Wildman–Crippen LogP) is 1.66. The first kappa shape index (κ1) is 8.81. The van der Waals surface area contributed by atoms with Crippen LogP contribution in [-0.4, -0.2) is 14.1 Å². The van der Waals surface area contributed by atoms with E-state index in [1.807, 2.05) is 37.2 Å². The Balaban J connectivity index is 2.87. The first-order chi connectivity index (χ1) is 6.68. The molecule has 0 aliphatic rings. The number of hydrogen-bond donors (Lipinski definition) is 0. The van der Waals surface area contributed by atoms with Gasteiger partial charge >= 0.3 is 5.63 Å². The third-order valence-corrected chi connectivity index (χ3v) is 2.01. The van der Waals surface area contributed by atoms with Gasteiger partial charge in [-0.15, -0.1) is 0 Å². The summed E-state index contributed by atoms with van der Waals surface area (Å²) in [5.74, 6) is 0. The van der Waals surface area contributed by atoms with E-state index in [4.69, 9.17) is 4.42 Å². The summed E-state index contributed by atoms with van der Waals surface area (Å²) < 4.78 is 5.01. The molecule has 14 heavy (non-hydrogen) atoms. The lowest BCUT2D eigenvalue weighted by molar-refractivity contribution is 0.559. The molecule has 0 aliphatic carbocycles. The van der Waals surface area contributed by atoms with Crippen LogP contribution in [0.25, 0.3) is 11.0 Å². The van der Waals surface area contributed by atoms with E-state index in [2.05, 4.69) is 6.07 Å². The molecule has 1 aromatic heterocycles. The van der Waals surface area contributed by atoms with Crippen molar-refractivity contribution in [1.29, 1.82) is 0 Å². The fraction of sp³-hybridized carbons (Fsp3) is 0.182. The van der Waals surface area contributed by atoms with Crippen molar-refractivity contribution in [3.8, 4) is 0 Å². The monoisotopic (exact) mass is 188 g/mol. The third kappa shape index (κ3) is 1.37. The Kier molecular flexibility index (Phi) is 2.00. The van der Waals surface area contributed by atoms with Crippen LogP contribution in [0.2, 0.25) is 0 Å². The summed E-state index contributed by atoms with van der Waals surface area (Å²) in [6, 6.07) is 10.1. The van der Waals surface area contributed by atoms with Crippen molar-refractivity contribution in [3.05, 3.63) is 40.8 Å². The maximum atomic E-state index is 11.2. The molecule has 0 fully saturated rings. The van der Waals surface area contributed by atoms with Gasteiger partial charge in [0.25, 0.3) is 0 Å². The molecule has 0 saturated carbocycles. The summed E-state index contributed by atoms with van der Waals surface area (Å²) in [4.78, 5) is 13.0. The minimum absolute atomic E-state index is 0.438. The fourth-order valence-electron chi connectivity index (χ4n) is 1.39. The molecule has 0 bridgehead atoms. The van der Waals surface area contributed by atoms with Gasteiger partial charge in [0.1, 0.15) is 11.6 Å². The van der Waals surface area contributed by atoms with Gasteiger partial charge in [0.2, 0.25) is 0 Å². The van der Waals surface area contributed by atoms with Crippen molar-refractivity contribution < 1.29 is 4.42 Å². The van der Waals surface area contributed by atoms with Gasteiger partial charge < -0.3 is 9.32 Å². The van der Waals surface area contributed by atoms with Crippen LogP contribution in [0.3, 0.4) is 0 Å². The standard InChI is InChI=1S/C11H10NO2/c1-12(2)9-7-11(13)14-10-6-4-3-5-8(9)10/h3-6H,1-2H3. The molecule has 3 heteroatoms. The number of nitrogens with zero attached hydrogens (tertiary/aromatic N) is 1. The first-order valence-electron chi connectivity index (χ1n) is 4.31. The van der Waals surface area contributed by atoms with Gasteiger partial charge in [-0.2, -0.15) is 0 Å². The molecule has 0 saturated heterocycles. The minimum atomic E-state index is -0.438. The maximum absolute atomic E-state index is 11.2. The van der Waals surface area contributed by atoms with E-state index in [-0.39, 0.29) is 0 Å². The van der Waals surface area contributed by atoms with E-state index < -0.39 is 5.63 Å². The second kappa shape index (κ2) is 3.18. The first-order valence-corrected chi connectivity index (χ1v) is 4.31. The molecule has 0 N–H and O–H groups in total. The van der Waals surface area contributed by atoms with Crippen LogP contribution in [-0.2, 0) is 0 Å². The highest BCUT2D eigenvalue weighted by molar-refractivity contribution is 5.89. The van der Waals surface area contributed by atoms with Crippen molar-refractivity contribution in [2.75, 3.05) is 19.0 Å². The summed E-state index contributed by atoms with van der Waals surface area (Å²) in [5.41, 5.74) is 0.921. The second-order valence-corrected chi connectivity index (χ2v) is 3.25. The Morgan fingerprint density at radius 1 is 1.29 bits per heavy atom. The normalized spacial score (nSPS) is 10.4. The Morgan fingerprint density at radius 2 is 2.00 bits per heavy atom. The van der Waals surface area contributed by atoms with Crippen LogP contribution in [0.15, 0.2) is 33.5 Å². The SMILES string of the molecule is CN(C)c1[c]c(=O)oc2ccccc12. The highest BCUT2D eigenvalue weighted by Crippen LogP contribution is 2.22. The predicted molar refractivity (Wildman–Crippen MR) is 55.6 cm³/mol. The van der Waals surface area contributed by atoms with Crippen molar-refractivity contribution >= 4 is 16.7 Å². The summed E-state index contributed by atoms with van der Waals surface area (Å²) in [6.45, 7) is 0. The van der Waals surface area contributed by atoms with Gasteiger partial charge in [0, 0.05) is 19.5 Å². The Bertz CT molecular complexity index is 514. The summed E-state index contributed by atoms with van der Waals surface area (Å²) in [6.07, 6.45) is 0. The quantitative estimate of drug-likeness (QED) is 0.638. The van der Waals surface area contributed by atoms with Gasteiger partial charge in [-0.05, 0) is 12.1 Å². The molecule has 0 atom stereocenters. The molecular formula is C11H10NO2. The molecule has 0 aliphatic heterocycles. The third-order valence-electron chi connectivity index (χ3n) is 2.01. The van der Waals surface area contributed by atoms with Crippen LogP contribution in [0, 0.1) is 6.07 Å². The molecule has 0 spiro atoms. The largest absolute Gasteiger partial charge is 0.422 e. The number of hydrogen-bond acceptors (Lipinski definition) is 3. The average Bonchev–Trinajstić information content (AvgIpc) is 2.16. The summed E-state index contributed by atoms with van der Waals surface area (Å²) in [7, 11) is 3.75. The molecule has 2 aromatic rings. The highest BCUT2D eigenvalue weighted by atomic mass is 16.4. The Hall–Kier alpha value is -1.77. The summed E-state index contributed by atoms with van der Waals surface area (Å²) >= 11 is 0. The van der Waals surface area contributed by atoms with E-state index in [1.54, 1.807) is 6.07 Å². The molecule has 0 amide bonds. The molecule has 0 unspecified atom stereocenters. The van der Waals surface area contributed by atoms with Crippen LogP contribution in [0.1, 0.15) is 0 Å². The van der Waals surface area contributed by atoms with Crippen molar-refractivity contribution in [3.63, 3.8) is 0 Å². The second-order valence-electron chi connectivity index (χ2n) is 3.25. The number of para-hydroxylation sites is 1. The molecule has 1 heterocycles. The molecule has 71 valence electrons. The van der Waals surface area contributed by atoms with Crippen molar-refractivity contribution in [2.24, 2.45) is 0 Å². The van der Waals surface area contributed by atoms with E-state index >= 15 is 0 Å². The minimum Gasteiger partial charge on any atom is -0.422 e. The average molecular weight is 188 g/mol. The zero-order valence-electron chi connectivity index (χ0n) is 8.07. The van der Waals surface area contributed by atoms with Gasteiger partial charge in [0.05, 0.1) is 5.69 Å². The highest BCUT2D eigenvalue weighted by Gasteiger charge is 2.06. The smallest absolute Gasteiger partial charge is 0.346 e. The van der Waals surface area contributed by atoms with Crippen molar-refractivity contribution in [2.45, 2.75) is 0 Å². The lowest BCUT2D eigenvalue weighted by atomic mass is 10.2. The molecule has 3 nitrogen and oxygen atoms in total. The number of anilines is 1. The summed E-state index contributed by atoms with van der Waals surface area (Å²) in [5, 5.41) is 0.900. The fourth-order valence-corrected chi connectivity index (χ4v) is 1.39. The number of rotatable bonds is 1. The molecular weight excluding hydrogens is 178 g/mol. The van der Waals surface area contributed by atoms with Gasteiger partial charge in [-0.3, -0.25) is 0 Å². The lowest BCUT2D eigenvalue weighted by Crippen LogP contribution is -2.12. The van der Waals surface area contributed by atoms with E-state index in [0.29, 0.717) is 5.58 Å². The number of fused-ring (bicyclic) bond motifs is 1. The van der Waals surface area contributed by atoms with Crippen LogP contribution >= 0.6 is 0 Å². The maximum Gasteiger partial charge on any atom is 0.346 e. The Labute approximate surface area is 81.6 Å². The van der Waals surface area contributed by atoms with Gasteiger partial charge in [-0.1, -0.05) is 12.1 Å². The molecule has 1 aromatic carbocycles.